The van der Waals surface area contributed by atoms with E-state index in [0.717, 1.165) is 17.5 Å². The van der Waals surface area contributed by atoms with E-state index in [2.05, 4.69) is 0 Å². The standard InChI is InChI=1S/C24H19Cl2NO4/c25-17-4-1-15(2-5-17)11-12-27-22(16-3-10-20-21(13-16)30-14-29-20)23(24(27)28)31-19-8-6-18(26)7-9-19/h1-10,13,22-23H,11-12,14H2. The van der Waals surface area contributed by atoms with E-state index in [-0.39, 0.29) is 18.7 Å². The van der Waals surface area contributed by atoms with Crippen molar-refractivity contribution in [2.75, 3.05) is 13.3 Å². The first-order valence-electron chi connectivity index (χ1n) is 9.95. The molecule has 5 nitrogen and oxygen atoms in total. The summed E-state index contributed by atoms with van der Waals surface area (Å²) < 4.78 is 17.0. The predicted octanol–water partition coefficient (Wildman–Crippen LogP) is 5.30. The number of likely N-dealkylation sites (tertiary alicyclic amines) is 1. The van der Waals surface area contributed by atoms with Crippen LogP contribution in [0.5, 0.6) is 17.2 Å². The molecule has 0 radical (unpaired) electrons. The van der Waals surface area contributed by atoms with Crippen LogP contribution in [0.15, 0.2) is 66.7 Å². The molecule has 2 aliphatic rings. The van der Waals surface area contributed by atoms with E-state index in [4.69, 9.17) is 37.4 Å². The minimum Gasteiger partial charge on any atom is -0.478 e. The highest BCUT2D eigenvalue weighted by Crippen LogP contribution is 2.42. The molecule has 2 aliphatic heterocycles. The Balaban J connectivity index is 1.39. The zero-order chi connectivity index (χ0) is 21.4. The van der Waals surface area contributed by atoms with Crippen molar-refractivity contribution < 1.29 is 19.0 Å². The lowest BCUT2D eigenvalue weighted by atomic mass is 9.89. The van der Waals surface area contributed by atoms with Crippen molar-refractivity contribution >= 4 is 29.1 Å². The highest BCUT2D eigenvalue weighted by molar-refractivity contribution is 6.30. The highest BCUT2D eigenvalue weighted by atomic mass is 35.5. The Bertz CT molecular complexity index is 1100. The second kappa shape index (κ2) is 8.33. The summed E-state index contributed by atoms with van der Waals surface area (Å²) in [6.07, 6.45) is 0.101. The average molecular weight is 456 g/mol. The summed E-state index contributed by atoms with van der Waals surface area (Å²) in [6, 6.07) is 20.2. The molecule has 0 bridgehead atoms. The Morgan fingerprint density at radius 3 is 2.32 bits per heavy atom. The van der Waals surface area contributed by atoms with Gasteiger partial charge in [-0.1, -0.05) is 41.4 Å². The number of fused-ring (bicyclic) bond motifs is 1. The summed E-state index contributed by atoms with van der Waals surface area (Å²) in [5, 5.41) is 1.31. The maximum absolute atomic E-state index is 13.0. The topological polar surface area (TPSA) is 48.0 Å². The molecule has 5 rings (SSSR count). The molecule has 3 aromatic carbocycles. The normalized spacial score (nSPS) is 19.3. The first-order valence-corrected chi connectivity index (χ1v) is 10.7. The van der Waals surface area contributed by atoms with Crippen molar-refractivity contribution in [3.63, 3.8) is 0 Å². The van der Waals surface area contributed by atoms with Crippen LogP contribution in [0.4, 0.5) is 0 Å². The van der Waals surface area contributed by atoms with Gasteiger partial charge in [0.25, 0.3) is 5.91 Å². The molecule has 1 saturated heterocycles. The van der Waals surface area contributed by atoms with E-state index in [1.54, 1.807) is 24.3 Å². The zero-order valence-electron chi connectivity index (χ0n) is 16.5. The van der Waals surface area contributed by atoms with Crippen LogP contribution in [0.3, 0.4) is 0 Å². The lowest BCUT2D eigenvalue weighted by molar-refractivity contribution is -0.164. The van der Waals surface area contributed by atoms with Gasteiger partial charge >= 0.3 is 0 Å². The van der Waals surface area contributed by atoms with Gasteiger partial charge in [-0.25, -0.2) is 0 Å². The number of hydrogen-bond acceptors (Lipinski definition) is 4. The van der Waals surface area contributed by atoms with Crippen molar-refractivity contribution in [1.29, 1.82) is 0 Å². The maximum atomic E-state index is 13.0. The molecule has 2 heterocycles. The molecule has 0 saturated carbocycles. The third-order valence-corrected chi connectivity index (χ3v) is 6.02. The smallest absolute Gasteiger partial charge is 0.266 e. The van der Waals surface area contributed by atoms with Gasteiger partial charge in [0, 0.05) is 16.6 Å². The molecule has 1 amide bonds. The third-order valence-electron chi connectivity index (χ3n) is 5.52. The Morgan fingerprint density at radius 1 is 0.903 bits per heavy atom. The number of benzene rings is 3. The summed E-state index contributed by atoms with van der Waals surface area (Å²) >= 11 is 12.0. The van der Waals surface area contributed by atoms with Crippen molar-refractivity contribution in [3.8, 4) is 17.2 Å². The minimum absolute atomic E-state index is 0.0495. The van der Waals surface area contributed by atoms with Crippen molar-refractivity contribution in [3.05, 3.63) is 87.9 Å². The number of carbonyl (C=O) groups excluding carboxylic acids is 1. The molecule has 31 heavy (non-hydrogen) atoms. The second-order valence-corrected chi connectivity index (χ2v) is 8.33. The summed E-state index contributed by atoms with van der Waals surface area (Å²) in [7, 11) is 0. The number of halogens is 2. The average Bonchev–Trinajstić information content (AvgIpc) is 3.25. The summed E-state index contributed by atoms with van der Waals surface area (Å²) in [4.78, 5) is 14.9. The van der Waals surface area contributed by atoms with Crippen LogP contribution in [0.1, 0.15) is 17.2 Å². The summed E-state index contributed by atoms with van der Waals surface area (Å²) in [6.45, 7) is 0.771. The van der Waals surface area contributed by atoms with E-state index < -0.39 is 6.10 Å². The van der Waals surface area contributed by atoms with Gasteiger partial charge < -0.3 is 19.1 Å². The number of β-lactam (4-membered cyclic amide) rings is 1. The summed E-state index contributed by atoms with van der Waals surface area (Å²) in [5.74, 6) is 1.94. The van der Waals surface area contributed by atoms with Crippen LogP contribution in [0.25, 0.3) is 0 Å². The Morgan fingerprint density at radius 2 is 1.58 bits per heavy atom. The lowest BCUT2D eigenvalue weighted by Crippen LogP contribution is -2.61. The lowest BCUT2D eigenvalue weighted by Gasteiger charge is -2.47. The fraction of sp³-hybridized carbons (Fsp3) is 0.208. The molecule has 158 valence electrons. The highest BCUT2D eigenvalue weighted by Gasteiger charge is 2.50. The molecular weight excluding hydrogens is 437 g/mol. The van der Waals surface area contributed by atoms with Crippen LogP contribution in [-0.4, -0.2) is 30.2 Å². The molecule has 1 fully saturated rings. The van der Waals surface area contributed by atoms with Crippen molar-refractivity contribution in [2.45, 2.75) is 18.6 Å². The van der Waals surface area contributed by atoms with E-state index in [1.165, 1.54) is 0 Å². The monoisotopic (exact) mass is 455 g/mol. The molecule has 7 heteroatoms. The SMILES string of the molecule is O=C1C(Oc2ccc(Cl)cc2)C(c2ccc3c(c2)OCO3)N1CCc1ccc(Cl)cc1. The predicted molar refractivity (Wildman–Crippen MR) is 118 cm³/mol. The van der Waals surface area contributed by atoms with Gasteiger partial charge in [0.1, 0.15) is 11.8 Å². The number of hydrogen-bond donors (Lipinski definition) is 0. The molecule has 0 aliphatic carbocycles. The quantitative estimate of drug-likeness (QED) is 0.473. The first kappa shape index (κ1) is 20.0. The largest absolute Gasteiger partial charge is 0.478 e. The Labute approximate surface area is 190 Å². The van der Waals surface area contributed by atoms with Gasteiger partial charge in [-0.2, -0.15) is 0 Å². The fourth-order valence-electron chi connectivity index (χ4n) is 3.89. The Kier molecular flexibility index (Phi) is 5.38. The molecule has 2 unspecified atom stereocenters. The van der Waals surface area contributed by atoms with Gasteiger partial charge in [0.15, 0.2) is 11.5 Å². The van der Waals surface area contributed by atoms with Crippen LogP contribution >= 0.6 is 23.2 Å². The van der Waals surface area contributed by atoms with Gasteiger partial charge in [0.2, 0.25) is 12.9 Å². The molecular formula is C24H19Cl2NO4. The third kappa shape index (κ3) is 4.03. The van der Waals surface area contributed by atoms with Gasteiger partial charge in [-0.3, -0.25) is 4.79 Å². The molecule has 3 aromatic rings. The number of nitrogens with zero attached hydrogens (tertiary/aromatic N) is 1. The van der Waals surface area contributed by atoms with Crippen LogP contribution in [0, 0.1) is 0 Å². The van der Waals surface area contributed by atoms with Gasteiger partial charge in [0.05, 0.1) is 0 Å². The van der Waals surface area contributed by atoms with E-state index in [1.807, 2.05) is 47.4 Å². The van der Waals surface area contributed by atoms with Crippen molar-refractivity contribution in [1.82, 2.24) is 4.90 Å². The van der Waals surface area contributed by atoms with Gasteiger partial charge in [-0.15, -0.1) is 0 Å². The maximum Gasteiger partial charge on any atom is 0.266 e. The minimum atomic E-state index is -0.619. The molecule has 0 spiro atoms. The number of carbonyl (C=O) groups is 1. The van der Waals surface area contributed by atoms with Crippen LogP contribution in [-0.2, 0) is 11.2 Å². The number of rotatable bonds is 6. The molecule has 2 atom stereocenters. The number of amides is 1. The van der Waals surface area contributed by atoms with Crippen LogP contribution in [0.2, 0.25) is 10.0 Å². The zero-order valence-corrected chi connectivity index (χ0v) is 18.0. The van der Waals surface area contributed by atoms with Crippen LogP contribution < -0.4 is 14.2 Å². The van der Waals surface area contributed by atoms with Gasteiger partial charge in [-0.05, 0) is 66.1 Å². The van der Waals surface area contributed by atoms with Crippen molar-refractivity contribution in [2.24, 2.45) is 0 Å². The molecule has 0 aromatic heterocycles. The molecule has 0 N–H and O–H groups in total. The van der Waals surface area contributed by atoms with E-state index >= 15 is 0 Å². The van der Waals surface area contributed by atoms with E-state index in [9.17, 15) is 4.79 Å². The fourth-order valence-corrected chi connectivity index (χ4v) is 4.15. The van der Waals surface area contributed by atoms with E-state index in [0.29, 0.717) is 33.8 Å². The summed E-state index contributed by atoms with van der Waals surface area (Å²) in [5.41, 5.74) is 2.06. The first-order chi connectivity index (χ1) is 15.1. The number of ether oxygens (including phenoxy) is 3. The second-order valence-electron chi connectivity index (χ2n) is 7.46. The Hall–Kier alpha value is -2.89.